The molecule has 0 saturated heterocycles. The molecule has 4 nitrogen and oxygen atoms in total. The molecule has 0 aliphatic carbocycles. The molecule has 0 atom stereocenters. The van der Waals surface area contributed by atoms with Gasteiger partial charge in [0.05, 0.1) is 5.52 Å². The molecule has 5 aromatic carbocycles. The Labute approximate surface area is 224 Å². The summed E-state index contributed by atoms with van der Waals surface area (Å²) in [4.78, 5) is 18.2. The van der Waals surface area contributed by atoms with E-state index in [4.69, 9.17) is 26.6 Å². The second-order valence-corrected chi connectivity index (χ2v) is 9.60. The van der Waals surface area contributed by atoms with Crippen LogP contribution in [0.15, 0.2) is 121 Å². The van der Waals surface area contributed by atoms with Crippen molar-refractivity contribution in [1.29, 1.82) is 0 Å². The third-order valence-electron chi connectivity index (χ3n) is 6.71. The van der Waals surface area contributed by atoms with Gasteiger partial charge in [-0.05, 0) is 29.8 Å². The summed E-state index contributed by atoms with van der Waals surface area (Å²) in [5.41, 5.74) is 7.00. The van der Waals surface area contributed by atoms with E-state index in [1.165, 1.54) is 0 Å². The number of nitrogens with one attached hydrogen (secondary N) is 1. The Kier molecular flexibility index (Phi) is 5.46. The van der Waals surface area contributed by atoms with Gasteiger partial charge in [-0.25, -0.2) is 15.0 Å². The molecule has 0 aliphatic heterocycles. The van der Waals surface area contributed by atoms with E-state index in [1.54, 1.807) is 0 Å². The SMILES string of the molecule is Clc1cc(-c2cccc(-c3nc(-c4ccccc4)nc(-c4ccccc4)n3)c2)c2[nH]c3ccccc3c2c1. The molecule has 0 radical (unpaired) electrons. The van der Waals surface area contributed by atoms with Crippen LogP contribution in [0.2, 0.25) is 5.02 Å². The zero-order valence-corrected chi connectivity index (χ0v) is 21.0. The minimum atomic E-state index is 0.620. The van der Waals surface area contributed by atoms with Gasteiger partial charge in [-0.2, -0.15) is 0 Å². The third kappa shape index (κ3) is 4.01. The van der Waals surface area contributed by atoms with Gasteiger partial charge >= 0.3 is 0 Å². The van der Waals surface area contributed by atoms with Crippen molar-refractivity contribution in [2.45, 2.75) is 0 Å². The first-order valence-electron chi connectivity index (χ1n) is 12.4. The molecule has 7 aromatic rings. The smallest absolute Gasteiger partial charge is 0.164 e. The summed E-state index contributed by atoms with van der Waals surface area (Å²) in [5, 5.41) is 2.95. The Morgan fingerprint density at radius 3 is 1.71 bits per heavy atom. The van der Waals surface area contributed by atoms with Gasteiger partial charge in [-0.1, -0.05) is 109 Å². The molecule has 5 heteroatoms. The van der Waals surface area contributed by atoms with Gasteiger partial charge in [0, 0.05) is 43.6 Å². The molecule has 2 heterocycles. The molecule has 0 bridgehead atoms. The Morgan fingerprint density at radius 1 is 0.474 bits per heavy atom. The lowest BCUT2D eigenvalue weighted by Gasteiger charge is -2.10. The van der Waals surface area contributed by atoms with Crippen molar-refractivity contribution in [2.24, 2.45) is 0 Å². The Morgan fingerprint density at radius 2 is 1.03 bits per heavy atom. The molecular weight excluding hydrogens is 488 g/mol. The highest BCUT2D eigenvalue weighted by Gasteiger charge is 2.15. The summed E-state index contributed by atoms with van der Waals surface area (Å²) in [5.74, 6) is 1.90. The lowest BCUT2D eigenvalue weighted by atomic mass is 10.00. The van der Waals surface area contributed by atoms with Gasteiger partial charge in [-0.3, -0.25) is 0 Å². The summed E-state index contributed by atoms with van der Waals surface area (Å²) < 4.78 is 0. The minimum absolute atomic E-state index is 0.620. The number of H-pyrrole nitrogens is 1. The van der Waals surface area contributed by atoms with Crippen molar-refractivity contribution < 1.29 is 0 Å². The maximum absolute atomic E-state index is 6.62. The molecule has 7 rings (SSSR count). The van der Waals surface area contributed by atoms with Gasteiger partial charge in [0.1, 0.15) is 0 Å². The highest BCUT2D eigenvalue weighted by molar-refractivity contribution is 6.32. The lowest BCUT2D eigenvalue weighted by Crippen LogP contribution is -2.00. The Bertz CT molecular complexity index is 1870. The third-order valence-corrected chi connectivity index (χ3v) is 6.93. The predicted octanol–water partition coefficient (Wildman–Crippen LogP) is 8.83. The molecule has 1 N–H and O–H groups in total. The maximum Gasteiger partial charge on any atom is 0.164 e. The Balaban J connectivity index is 1.41. The van der Waals surface area contributed by atoms with Crippen LogP contribution in [-0.2, 0) is 0 Å². The van der Waals surface area contributed by atoms with Crippen LogP contribution in [0.4, 0.5) is 0 Å². The van der Waals surface area contributed by atoms with Gasteiger partial charge in [0.25, 0.3) is 0 Å². The van der Waals surface area contributed by atoms with E-state index in [-0.39, 0.29) is 0 Å². The van der Waals surface area contributed by atoms with Crippen LogP contribution in [0.5, 0.6) is 0 Å². The first-order chi connectivity index (χ1) is 18.7. The summed E-state index contributed by atoms with van der Waals surface area (Å²) in [6, 6.07) is 40.6. The first kappa shape index (κ1) is 22.4. The Hall–Kier alpha value is -4.80. The van der Waals surface area contributed by atoms with Crippen LogP contribution in [0, 0.1) is 0 Å². The molecule has 38 heavy (non-hydrogen) atoms. The number of nitrogens with zero attached hydrogens (tertiary/aromatic N) is 3. The van der Waals surface area contributed by atoms with Crippen molar-refractivity contribution in [3.8, 4) is 45.3 Å². The topological polar surface area (TPSA) is 54.5 Å². The van der Waals surface area contributed by atoms with E-state index in [9.17, 15) is 0 Å². The predicted molar refractivity (Wildman–Crippen MR) is 156 cm³/mol. The second kappa shape index (κ2) is 9.25. The van der Waals surface area contributed by atoms with E-state index in [0.717, 1.165) is 49.6 Å². The second-order valence-electron chi connectivity index (χ2n) is 9.17. The van der Waals surface area contributed by atoms with E-state index < -0.39 is 0 Å². The average molecular weight is 509 g/mol. The van der Waals surface area contributed by atoms with Gasteiger partial charge in [-0.15, -0.1) is 0 Å². The van der Waals surface area contributed by atoms with E-state index in [1.807, 2.05) is 97.1 Å². The van der Waals surface area contributed by atoms with Crippen LogP contribution in [0.25, 0.3) is 67.1 Å². The fourth-order valence-corrected chi connectivity index (χ4v) is 5.12. The summed E-state index contributed by atoms with van der Waals surface area (Å²) in [7, 11) is 0. The molecule has 0 unspecified atom stereocenters. The molecule has 2 aromatic heterocycles. The molecule has 0 saturated carbocycles. The van der Waals surface area contributed by atoms with Crippen LogP contribution >= 0.6 is 11.6 Å². The summed E-state index contributed by atoms with van der Waals surface area (Å²) in [6.07, 6.45) is 0. The largest absolute Gasteiger partial charge is 0.354 e. The first-order valence-corrected chi connectivity index (χ1v) is 12.8. The molecule has 0 aliphatic rings. The van der Waals surface area contributed by atoms with Crippen LogP contribution in [0.3, 0.4) is 0 Å². The van der Waals surface area contributed by atoms with Crippen molar-refractivity contribution in [1.82, 2.24) is 19.9 Å². The minimum Gasteiger partial charge on any atom is -0.354 e. The number of aromatic amines is 1. The van der Waals surface area contributed by atoms with Crippen molar-refractivity contribution in [2.75, 3.05) is 0 Å². The molecule has 180 valence electrons. The fourth-order valence-electron chi connectivity index (χ4n) is 4.91. The highest BCUT2D eigenvalue weighted by Crippen LogP contribution is 2.37. The standard InChI is InChI=1S/C33H21ClN4/c34-25-19-27(30-28(20-25)26-16-7-8-17-29(26)35-30)23-14-9-15-24(18-23)33-37-31(21-10-3-1-4-11-21)36-32(38-33)22-12-5-2-6-13-22/h1-20,35H. The molecule has 0 fully saturated rings. The zero-order valence-electron chi connectivity index (χ0n) is 20.3. The van der Waals surface area contributed by atoms with Crippen molar-refractivity contribution >= 4 is 33.4 Å². The lowest BCUT2D eigenvalue weighted by molar-refractivity contribution is 1.07. The van der Waals surface area contributed by atoms with Crippen LogP contribution < -0.4 is 0 Å². The monoisotopic (exact) mass is 508 g/mol. The number of hydrogen-bond acceptors (Lipinski definition) is 3. The number of para-hydroxylation sites is 1. The number of halogens is 1. The van der Waals surface area contributed by atoms with E-state index in [0.29, 0.717) is 22.5 Å². The maximum atomic E-state index is 6.62. The van der Waals surface area contributed by atoms with E-state index >= 15 is 0 Å². The van der Waals surface area contributed by atoms with Gasteiger partial charge in [0.2, 0.25) is 0 Å². The molecular formula is C33H21ClN4. The quantitative estimate of drug-likeness (QED) is 0.258. The number of fused-ring (bicyclic) bond motifs is 3. The van der Waals surface area contributed by atoms with E-state index in [2.05, 4.69) is 29.2 Å². The summed E-state index contributed by atoms with van der Waals surface area (Å²) in [6.45, 7) is 0. The van der Waals surface area contributed by atoms with Gasteiger partial charge in [0.15, 0.2) is 17.5 Å². The molecule has 0 amide bonds. The highest BCUT2D eigenvalue weighted by atomic mass is 35.5. The number of benzene rings is 5. The van der Waals surface area contributed by atoms with Gasteiger partial charge < -0.3 is 4.98 Å². The molecule has 0 spiro atoms. The van der Waals surface area contributed by atoms with Crippen molar-refractivity contribution in [3.05, 3.63) is 126 Å². The fraction of sp³-hybridized carbons (Fsp3) is 0. The normalized spacial score (nSPS) is 11.3. The average Bonchev–Trinajstić information content (AvgIpc) is 3.36. The van der Waals surface area contributed by atoms with Crippen molar-refractivity contribution in [3.63, 3.8) is 0 Å². The zero-order chi connectivity index (χ0) is 25.5. The number of rotatable bonds is 4. The summed E-state index contributed by atoms with van der Waals surface area (Å²) >= 11 is 6.62. The van der Waals surface area contributed by atoms with Crippen LogP contribution in [-0.4, -0.2) is 19.9 Å². The number of aromatic nitrogens is 4. The number of hydrogen-bond donors (Lipinski definition) is 1. The van der Waals surface area contributed by atoms with Crippen LogP contribution in [0.1, 0.15) is 0 Å².